The summed E-state index contributed by atoms with van der Waals surface area (Å²) in [5.41, 5.74) is 13.6. The molecule has 0 N–H and O–H groups in total. The van der Waals surface area contributed by atoms with Crippen molar-refractivity contribution in [1.29, 1.82) is 0 Å². The summed E-state index contributed by atoms with van der Waals surface area (Å²) >= 11 is 0. The summed E-state index contributed by atoms with van der Waals surface area (Å²) in [6.07, 6.45) is 10.9. The maximum absolute atomic E-state index is 6.55. The predicted octanol–water partition coefficient (Wildman–Crippen LogP) is 17.9. The summed E-state index contributed by atoms with van der Waals surface area (Å²) in [6, 6.07) is 68.6. The van der Waals surface area contributed by atoms with Crippen molar-refractivity contribution >= 4 is 65.8 Å². The van der Waals surface area contributed by atoms with Gasteiger partial charge in [-0.15, -0.1) is 0 Å². The maximum atomic E-state index is 6.55. The molecule has 0 atom stereocenters. The first kappa shape index (κ1) is 46.2. The van der Waals surface area contributed by atoms with Crippen molar-refractivity contribution in [3.05, 3.63) is 243 Å². The molecule has 17 aromatic rings. The fraction of sp³-hybridized carbons (Fsp3) is 0. The Kier molecular flexibility index (Phi) is 10.3. The number of hydrogen-bond acceptors (Lipinski definition) is 11. The third kappa shape index (κ3) is 7.71. The van der Waals surface area contributed by atoms with Crippen LogP contribution < -0.4 is 0 Å². The lowest BCUT2D eigenvalue weighted by Crippen LogP contribution is -1.94. The van der Waals surface area contributed by atoms with Gasteiger partial charge in [-0.1, -0.05) is 36.4 Å². The van der Waals surface area contributed by atoms with Crippen LogP contribution in [-0.2, 0) is 0 Å². The third-order valence-corrected chi connectivity index (χ3v) is 15.4. The van der Waals surface area contributed by atoms with Gasteiger partial charge in [-0.25, -0.2) is 9.97 Å². The largest absolute Gasteiger partial charge is 0.456 e. The van der Waals surface area contributed by atoms with Crippen LogP contribution in [0.5, 0.6) is 0 Å². The Balaban J connectivity index is 0.776. The van der Waals surface area contributed by atoms with Crippen molar-refractivity contribution in [2.45, 2.75) is 0 Å². The lowest BCUT2D eigenvalue weighted by atomic mass is 10.00. The molecule has 0 saturated heterocycles. The van der Waals surface area contributed by atoms with Crippen molar-refractivity contribution in [2.24, 2.45) is 0 Å². The lowest BCUT2D eigenvalue weighted by molar-refractivity contribution is 0.557. The van der Waals surface area contributed by atoms with Gasteiger partial charge in [-0.05, 0) is 169 Å². The van der Waals surface area contributed by atoms with Crippen LogP contribution in [0, 0.1) is 0 Å². The fourth-order valence-electron chi connectivity index (χ4n) is 11.5. The van der Waals surface area contributed by atoms with Gasteiger partial charge < -0.3 is 22.1 Å². The average Bonchev–Trinajstić information content (AvgIpc) is 4.24. The topological polar surface area (TPSA) is 153 Å². The molecule has 0 spiro atoms. The van der Waals surface area contributed by atoms with E-state index in [1.807, 2.05) is 146 Å². The SMILES string of the molecule is c1ccc(-c2ccc(-c3ccc4c(c3)c3cc(-c5ccc6oc7ccc(-c8cnc9c(c8)c8cc(-c%10ccc(-c%11ccccn%11)o%10)ccc8n9-c8ccc(-c9ccccn9)o8)cc7c6c5)cnc3n4-c3ccc(-c4ccccn4)o3)o2)nc1. The lowest BCUT2D eigenvalue weighted by Gasteiger charge is -2.06. The number of furan rings is 5. The Morgan fingerprint density at radius 1 is 0.253 bits per heavy atom. The van der Waals surface area contributed by atoms with Gasteiger partial charge in [0.1, 0.15) is 56.8 Å². The van der Waals surface area contributed by atoms with Gasteiger partial charge in [-0.2, -0.15) is 0 Å². The number of rotatable bonds is 10. The molecule has 0 saturated carbocycles. The number of pyridine rings is 6. The molecule has 0 aliphatic carbocycles. The van der Waals surface area contributed by atoms with Crippen LogP contribution >= 0.6 is 0 Å². The van der Waals surface area contributed by atoms with Crippen LogP contribution in [0.3, 0.4) is 0 Å². The van der Waals surface area contributed by atoms with Crippen LogP contribution in [0.4, 0.5) is 0 Å². The molecule has 83 heavy (non-hydrogen) atoms. The molecule has 13 aromatic heterocycles. The molecular formula is C70H40N8O5. The van der Waals surface area contributed by atoms with E-state index in [1.165, 1.54) is 0 Å². The van der Waals surface area contributed by atoms with Crippen LogP contribution in [0.15, 0.2) is 266 Å². The summed E-state index contributed by atoms with van der Waals surface area (Å²) in [5, 5.41) is 5.81. The first-order valence-electron chi connectivity index (χ1n) is 27.0. The molecule has 0 aliphatic heterocycles. The first-order valence-corrected chi connectivity index (χ1v) is 27.0. The highest BCUT2D eigenvalue weighted by atomic mass is 16.4. The molecule has 390 valence electrons. The molecule has 0 radical (unpaired) electrons. The zero-order valence-corrected chi connectivity index (χ0v) is 43.7. The third-order valence-electron chi connectivity index (χ3n) is 15.4. The minimum absolute atomic E-state index is 0.623. The highest BCUT2D eigenvalue weighted by molar-refractivity contribution is 6.13. The minimum Gasteiger partial charge on any atom is -0.456 e. The van der Waals surface area contributed by atoms with E-state index in [2.05, 4.69) is 102 Å². The highest BCUT2D eigenvalue weighted by Gasteiger charge is 2.23. The Bertz CT molecular complexity index is 5010. The average molecular weight is 1070 g/mol. The molecule has 0 aliphatic rings. The van der Waals surface area contributed by atoms with E-state index in [-0.39, 0.29) is 0 Å². The Labute approximate surface area is 470 Å². The standard InChI is InChI=1S/C70H40N8O5/c1-5-29-71-53(9-1)63-23-21-59(79-63)43-13-17-57-47(35-43)51-37-45(39-75-69(51)77(57)67-27-25-65(82-67)55-11-3-7-31-73-55)41-15-19-61-49(33-41)50-34-42(16-20-62(50)81-61)46-38-52-48-36-44(60-22-24-64(80-60)54-10-2-6-30-72-54)14-18-58(48)78(70(52)76-40-46)68-28-26-66(83-68)56-12-4-8-32-74-56/h1-40H. The van der Waals surface area contributed by atoms with Crippen molar-refractivity contribution < 1.29 is 22.1 Å². The monoisotopic (exact) mass is 1070 g/mol. The molecule has 13 nitrogen and oxygen atoms in total. The highest BCUT2D eigenvalue weighted by Crippen LogP contribution is 2.42. The molecular weight excluding hydrogens is 1030 g/mol. The number of hydrogen-bond donors (Lipinski definition) is 0. The van der Waals surface area contributed by atoms with E-state index in [0.29, 0.717) is 34.8 Å². The zero-order valence-electron chi connectivity index (χ0n) is 43.7. The number of nitrogens with zero attached hydrogens (tertiary/aromatic N) is 8. The molecule has 13 heterocycles. The Morgan fingerprint density at radius 3 is 1.02 bits per heavy atom. The van der Waals surface area contributed by atoms with Crippen LogP contribution in [-0.4, -0.2) is 39.0 Å². The summed E-state index contributed by atoms with van der Waals surface area (Å²) in [7, 11) is 0. The normalized spacial score (nSPS) is 11.9. The van der Waals surface area contributed by atoms with Gasteiger partial charge >= 0.3 is 0 Å². The molecule has 13 heteroatoms. The fourth-order valence-corrected chi connectivity index (χ4v) is 11.5. The van der Waals surface area contributed by atoms with Crippen LogP contribution in [0.25, 0.3) is 168 Å². The van der Waals surface area contributed by atoms with Crippen LogP contribution in [0.1, 0.15) is 0 Å². The quantitative estimate of drug-likeness (QED) is 0.129. The second-order valence-corrected chi connectivity index (χ2v) is 20.3. The van der Waals surface area contributed by atoms with E-state index in [0.717, 1.165) is 133 Å². The summed E-state index contributed by atoms with van der Waals surface area (Å²) < 4.78 is 36.6. The van der Waals surface area contributed by atoms with Crippen molar-refractivity contribution in [1.82, 2.24) is 39.0 Å². The van der Waals surface area contributed by atoms with E-state index in [1.54, 1.807) is 24.8 Å². The molecule has 0 fully saturated rings. The number of aromatic nitrogens is 8. The van der Waals surface area contributed by atoms with Gasteiger partial charge in [0, 0.05) is 104 Å². The van der Waals surface area contributed by atoms with E-state index < -0.39 is 0 Å². The first-order chi connectivity index (χ1) is 41.1. The van der Waals surface area contributed by atoms with Gasteiger partial charge in [0.25, 0.3) is 0 Å². The van der Waals surface area contributed by atoms with Gasteiger partial charge in [0.2, 0.25) is 11.8 Å². The second-order valence-electron chi connectivity index (χ2n) is 20.3. The molecule has 17 rings (SSSR count). The number of fused-ring (bicyclic) bond motifs is 9. The maximum Gasteiger partial charge on any atom is 0.206 e. The van der Waals surface area contributed by atoms with Gasteiger partial charge in [-0.3, -0.25) is 29.1 Å². The smallest absolute Gasteiger partial charge is 0.206 e. The minimum atomic E-state index is 0.623. The zero-order chi connectivity index (χ0) is 54.5. The molecule has 0 bridgehead atoms. The summed E-state index contributed by atoms with van der Waals surface area (Å²) in [6.45, 7) is 0. The predicted molar refractivity (Wildman–Crippen MR) is 322 cm³/mol. The molecule has 0 unspecified atom stereocenters. The van der Waals surface area contributed by atoms with Gasteiger partial charge in [0.05, 0.1) is 11.0 Å². The van der Waals surface area contributed by atoms with Crippen LogP contribution in [0.2, 0.25) is 0 Å². The summed E-state index contributed by atoms with van der Waals surface area (Å²) in [4.78, 5) is 28.5. The number of benzene rings is 4. The Morgan fingerprint density at radius 2 is 0.614 bits per heavy atom. The van der Waals surface area contributed by atoms with E-state index in [9.17, 15) is 0 Å². The van der Waals surface area contributed by atoms with Gasteiger partial charge in [0.15, 0.2) is 23.0 Å². The molecule has 0 amide bonds. The van der Waals surface area contributed by atoms with E-state index in [4.69, 9.17) is 32.1 Å². The Hall–Kier alpha value is -11.7. The second kappa shape index (κ2) is 18.4. The molecule has 4 aromatic carbocycles. The summed E-state index contributed by atoms with van der Waals surface area (Å²) in [5.74, 6) is 5.41. The van der Waals surface area contributed by atoms with Crippen molar-refractivity contribution in [3.63, 3.8) is 0 Å². The van der Waals surface area contributed by atoms with Crippen molar-refractivity contribution in [2.75, 3.05) is 0 Å². The van der Waals surface area contributed by atoms with Crippen molar-refractivity contribution in [3.8, 4) is 102 Å². The van der Waals surface area contributed by atoms with E-state index >= 15 is 0 Å².